The number of hydrogen-bond acceptors (Lipinski definition) is 3. The van der Waals surface area contributed by atoms with Gasteiger partial charge in [-0.25, -0.2) is 8.42 Å². The molecule has 0 bridgehead atoms. The van der Waals surface area contributed by atoms with E-state index >= 15 is 0 Å². The molecule has 0 spiro atoms. The van der Waals surface area contributed by atoms with Crippen LogP contribution in [0.5, 0.6) is 0 Å². The Morgan fingerprint density at radius 3 is 2.56 bits per heavy atom. The van der Waals surface area contributed by atoms with E-state index in [0.717, 1.165) is 24.0 Å². The van der Waals surface area contributed by atoms with Crippen molar-refractivity contribution in [1.29, 1.82) is 0 Å². The second kappa shape index (κ2) is 7.06. The van der Waals surface area contributed by atoms with Gasteiger partial charge in [-0.05, 0) is 42.0 Å². The van der Waals surface area contributed by atoms with Crippen LogP contribution in [0.15, 0.2) is 59.5 Å². The number of benzene rings is 2. The molecule has 1 atom stereocenters. The van der Waals surface area contributed by atoms with Crippen molar-refractivity contribution in [2.24, 2.45) is 5.92 Å². The summed E-state index contributed by atoms with van der Waals surface area (Å²) in [6.07, 6.45) is 5.59. The second-order valence-corrected chi connectivity index (χ2v) is 9.38. The van der Waals surface area contributed by atoms with E-state index in [2.05, 4.69) is 6.92 Å². The zero-order chi connectivity index (χ0) is 19.0. The highest BCUT2D eigenvalue weighted by Crippen LogP contribution is 2.33. The molecule has 0 aromatic heterocycles. The van der Waals surface area contributed by atoms with Crippen LogP contribution in [0, 0.1) is 5.92 Å². The fraction of sp³-hybridized carbons (Fsp3) is 0.318. The van der Waals surface area contributed by atoms with Crippen LogP contribution >= 0.6 is 0 Å². The van der Waals surface area contributed by atoms with Crippen LogP contribution in [0.3, 0.4) is 0 Å². The van der Waals surface area contributed by atoms with Crippen LogP contribution < -0.4 is 0 Å². The second-order valence-electron chi connectivity index (χ2n) is 7.44. The van der Waals surface area contributed by atoms with Crippen LogP contribution in [-0.4, -0.2) is 31.6 Å². The van der Waals surface area contributed by atoms with Crippen LogP contribution in [0.4, 0.5) is 0 Å². The number of hydrogen-bond donors (Lipinski definition) is 0. The molecule has 0 N–H and O–H groups in total. The van der Waals surface area contributed by atoms with Gasteiger partial charge >= 0.3 is 0 Å². The quantitative estimate of drug-likeness (QED) is 0.749. The molecular formula is C22H23NO3S. The summed E-state index contributed by atoms with van der Waals surface area (Å²) >= 11 is 0. The molecular weight excluding hydrogens is 358 g/mol. The largest absolute Gasteiger partial charge is 0.293 e. The van der Waals surface area contributed by atoms with E-state index in [4.69, 9.17) is 0 Å². The number of allylic oxidation sites excluding steroid dienone is 1. The van der Waals surface area contributed by atoms with Crippen LogP contribution in [0.1, 0.15) is 47.2 Å². The normalized spacial score (nSPS) is 20.6. The number of rotatable bonds is 4. The SMILES string of the molecule is CC1CCN(S(=O)(=O)c2cccc(C(=O)C3C=Cc4ccccc43)c2)CC1. The van der Waals surface area contributed by atoms with Gasteiger partial charge in [0.05, 0.1) is 10.8 Å². The minimum atomic E-state index is -3.56. The molecule has 5 heteroatoms. The standard InChI is InChI=1S/C22H23NO3S/c1-16-11-13-23(14-12-16)27(25,26)19-7-4-6-18(15-19)22(24)21-10-9-17-5-2-3-8-20(17)21/h2-10,15-16,21H,11-14H2,1H3. The predicted octanol–water partition coefficient (Wildman–Crippen LogP) is 4.10. The summed E-state index contributed by atoms with van der Waals surface area (Å²) in [5, 5.41) is 0. The molecule has 1 aliphatic carbocycles. The van der Waals surface area contributed by atoms with E-state index in [9.17, 15) is 13.2 Å². The van der Waals surface area contributed by atoms with Gasteiger partial charge in [0.15, 0.2) is 5.78 Å². The summed E-state index contributed by atoms with van der Waals surface area (Å²) in [5.74, 6) is 0.133. The third-order valence-electron chi connectivity index (χ3n) is 5.58. The number of Topliss-reactive ketones (excluding diaryl/α,β-unsaturated/α-hetero) is 1. The molecule has 140 valence electrons. The Morgan fingerprint density at radius 2 is 1.78 bits per heavy atom. The lowest BCUT2D eigenvalue weighted by molar-refractivity contribution is 0.0977. The first-order valence-electron chi connectivity index (χ1n) is 9.38. The van der Waals surface area contributed by atoms with Crippen LogP contribution in [-0.2, 0) is 10.0 Å². The lowest BCUT2D eigenvalue weighted by Crippen LogP contribution is -2.37. The van der Waals surface area contributed by atoms with Crippen molar-refractivity contribution in [3.05, 3.63) is 71.3 Å². The van der Waals surface area contributed by atoms with Crippen molar-refractivity contribution in [2.75, 3.05) is 13.1 Å². The van der Waals surface area contributed by atoms with Crippen molar-refractivity contribution in [2.45, 2.75) is 30.6 Å². The van der Waals surface area contributed by atoms with Gasteiger partial charge in [-0.15, -0.1) is 0 Å². The molecule has 2 aromatic rings. The third kappa shape index (κ3) is 3.37. The first kappa shape index (κ1) is 18.1. The summed E-state index contributed by atoms with van der Waals surface area (Å²) in [7, 11) is -3.56. The number of sulfonamides is 1. The Balaban J connectivity index is 1.62. The Bertz CT molecular complexity index is 1000. The highest BCUT2D eigenvalue weighted by molar-refractivity contribution is 7.89. The molecule has 1 saturated heterocycles. The first-order valence-corrected chi connectivity index (χ1v) is 10.8. The fourth-order valence-corrected chi connectivity index (χ4v) is 5.36. The lowest BCUT2D eigenvalue weighted by atomic mass is 9.92. The number of fused-ring (bicyclic) bond motifs is 1. The summed E-state index contributed by atoms with van der Waals surface area (Å²) in [4.78, 5) is 13.3. The molecule has 1 heterocycles. The molecule has 1 aliphatic heterocycles. The molecule has 0 saturated carbocycles. The molecule has 1 unspecified atom stereocenters. The van der Waals surface area contributed by atoms with Crippen molar-refractivity contribution in [3.63, 3.8) is 0 Å². The molecule has 2 aromatic carbocycles. The topological polar surface area (TPSA) is 54.5 Å². The average Bonchev–Trinajstić information content (AvgIpc) is 3.12. The van der Waals surface area contributed by atoms with Gasteiger partial charge in [-0.2, -0.15) is 4.31 Å². The van der Waals surface area contributed by atoms with E-state index < -0.39 is 10.0 Å². The lowest BCUT2D eigenvalue weighted by Gasteiger charge is -2.29. The van der Waals surface area contributed by atoms with Gasteiger partial charge < -0.3 is 0 Å². The Labute approximate surface area is 160 Å². The number of nitrogens with zero attached hydrogens (tertiary/aromatic N) is 1. The molecule has 1 fully saturated rings. The zero-order valence-corrected chi connectivity index (χ0v) is 16.2. The first-order chi connectivity index (χ1) is 13.0. The zero-order valence-electron chi connectivity index (χ0n) is 15.3. The van der Waals surface area contributed by atoms with Crippen molar-refractivity contribution in [1.82, 2.24) is 4.31 Å². The average molecular weight is 381 g/mol. The summed E-state index contributed by atoms with van der Waals surface area (Å²) in [5.41, 5.74) is 2.45. The third-order valence-corrected chi connectivity index (χ3v) is 7.48. The smallest absolute Gasteiger partial charge is 0.243 e. The summed E-state index contributed by atoms with van der Waals surface area (Å²) in [6, 6.07) is 14.3. The maximum atomic E-state index is 13.0. The molecule has 4 nitrogen and oxygen atoms in total. The Kier molecular flexibility index (Phi) is 4.74. The highest BCUT2D eigenvalue weighted by Gasteiger charge is 2.30. The number of ketones is 1. The number of carbonyl (C=O) groups excluding carboxylic acids is 1. The van der Waals surface area contributed by atoms with Gasteiger partial charge in [-0.3, -0.25) is 4.79 Å². The Morgan fingerprint density at radius 1 is 1.04 bits per heavy atom. The monoisotopic (exact) mass is 381 g/mol. The highest BCUT2D eigenvalue weighted by atomic mass is 32.2. The van der Waals surface area contributed by atoms with E-state index in [1.807, 2.05) is 36.4 Å². The van der Waals surface area contributed by atoms with E-state index in [1.54, 1.807) is 22.5 Å². The van der Waals surface area contributed by atoms with E-state index in [-0.39, 0.29) is 16.6 Å². The van der Waals surface area contributed by atoms with Crippen molar-refractivity contribution >= 4 is 21.9 Å². The molecule has 4 rings (SSSR count). The van der Waals surface area contributed by atoms with E-state index in [1.165, 1.54) is 6.07 Å². The minimum absolute atomic E-state index is 0.0690. The molecule has 0 radical (unpaired) electrons. The van der Waals surface area contributed by atoms with Gasteiger partial charge in [-0.1, -0.05) is 55.5 Å². The van der Waals surface area contributed by atoms with Gasteiger partial charge in [0.2, 0.25) is 10.0 Å². The summed E-state index contributed by atoms with van der Waals surface area (Å²) in [6.45, 7) is 3.23. The maximum absolute atomic E-state index is 13.0. The summed E-state index contributed by atoms with van der Waals surface area (Å²) < 4.78 is 27.5. The fourth-order valence-electron chi connectivity index (χ4n) is 3.84. The molecule has 2 aliphatic rings. The van der Waals surface area contributed by atoms with Gasteiger partial charge in [0, 0.05) is 18.7 Å². The maximum Gasteiger partial charge on any atom is 0.243 e. The van der Waals surface area contributed by atoms with E-state index in [0.29, 0.717) is 24.6 Å². The van der Waals surface area contributed by atoms with Gasteiger partial charge in [0.25, 0.3) is 0 Å². The molecule has 0 amide bonds. The predicted molar refractivity (Wildman–Crippen MR) is 106 cm³/mol. The Hall–Kier alpha value is -2.24. The van der Waals surface area contributed by atoms with Crippen molar-refractivity contribution in [3.8, 4) is 0 Å². The number of carbonyl (C=O) groups is 1. The molecule has 27 heavy (non-hydrogen) atoms. The van der Waals surface area contributed by atoms with Gasteiger partial charge in [0.1, 0.15) is 0 Å². The van der Waals surface area contributed by atoms with Crippen LogP contribution in [0.2, 0.25) is 0 Å². The van der Waals surface area contributed by atoms with Crippen molar-refractivity contribution < 1.29 is 13.2 Å². The van der Waals surface area contributed by atoms with Crippen LogP contribution in [0.25, 0.3) is 6.08 Å². The minimum Gasteiger partial charge on any atom is -0.293 e. The number of piperidine rings is 1.